The van der Waals surface area contributed by atoms with Crippen LogP contribution in [0.15, 0.2) is 29.3 Å². The highest BCUT2D eigenvalue weighted by Crippen LogP contribution is 2.10. The molecule has 0 aromatic heterocycles. The number of rotatable bonds is 8. The number of nitrogens with zero attached hydrogens (tertiary/aromatic N) is 1. The first-order valence-corrected chi connectivity index (χ1v) is 7.81. The van der Waals surface area contributed by atoms with Crippen molar-refractivity contribution in [3.8, 4) is 0 Å². The van der Waals surface area contributed by atoms with E-state index in [-0.39, 0.29) is 35.4 Å². The van der Waals surface area contributed by atoms with Crippen molar-refractivity contribution >= 4 is 35.8 Å². The number of aliphatic imine (C=N–C) groups is 1. The van der Waals surface area contributed by atoms with Crippen LogP contribution in [-0.4, -0.2) is 44.7 Å². The van der Waals surface area contributed by atoms with Crippen LogP contribution in [0.5, 0.6) is 0 Å². The summed E-state index contributed by atoms with van der Waals surface area (Å²) in [6.45, 7) is 4.80. The Hall–Kier alpha value is -1.42. The molecule has 25 heavy (non-hydrogen) atoms. The van der Waals surface area contributed by atoms with Crippen LogP contribution in [0.25, 0.3) is 0 Å². The molecule has 0 bridgehead atoms. The zero-order chi connectivity index (χ0) is 18.2. The number of guanidine groups is 1. The number of nitrogens with one attached hydrogen (secondary N) is 2. The molecule has 142 valence electrons. The molecule has 1 amide bonds. The minimum absolute atomic E-state index is 0. The van der Waals surface area contributed by atoms with E-state index in [0.717, 1.165) is 5.56 Å². The van der Waals surface area contributed by atoms with Gasteiger partial charge >= 0.3 is 0 Å². The first-order chi connectivity index (χ1) is 11.3. The van der Waals surface area contributed by atoms with E-state index in [0.29, 0.717) is 25.5 Å². The van der Waals surface area contributed by atoms with Crippen molar-refractivity contribution in [1.29, 1.82) is 0 Å². The summed E-state index contributed by atoms with van der Waals surface area (Å²) < 4.78 is 18.3. The topological polar surface area (TPSA) is 88.7 Å². The Balaban J connectivity index is 0.00000576. The smallest absolute Gasteiger partial charge is 0.222 e. The summed E-state index contributed by atoms with van der Waals surface area (Å²) in [6, 6.07) is 6.04. The third kappa shape index (κ3) is 9.01. The van der Waals surface area contributed by atoms with Crippen molar-refractivity contribution < 1.29 is 13.9 Å². The number of ether oxygens (including phenoxy) is 1. The Morgan fingerprint density at radius 1 is 1.32 bits per heavy atom. The molecule has 0 aliphatic rings. The first kappa shape index (κ1) is 23.6. The normalized spacial score (nSPS) is 12.9. The standard InChI is InChI=1S/C17H27FN4O2.HI/c1-17(2,24-4)11-22-16(20-3)21-10-13(15(19)23)9-12-5-7-14(18)8-6-12;/h5-8,13H,9-11H2,1-4H3,(H2,19,23)(H2,20,21,22);1H. The Morgan fingerprint density at radius 3 is 2.40 bits per heavy atom. The molecule has 6 nitrogen and oxygen atoms in total. The lowest BCUT2D eigenvalue weighted by Gasteiger charge is -2.25. The number of nitrogens with two attached hydrogens (primary N) is 1. The minimum atomic E-state index is -0.426. The monoisotopic (exact) mass is 466 g/mol. The van der Waals surface area contributed by atoms with Crippen molar-refractivity contribution in [3.63, 3.8) is 0 Å². The SMILES string of the molecule is CN=C(NCC(Cc1ccc(F)cc1)C(N)=O)NCC(C)(C)OC.I. The van der Waals surface area contributed by atoms with E-state index in [1.165, 1.54) is 12.1 Å². The molecule has 1 unspecified atom stereocenters. The summed E-state index contributed by atoms with van der Waals surface area (Å²) in [4.78, 5) is 15.8. The van der Waals surface area contributed by atoms with Crippen molar-refractivity contribution in [1.82, 2.24) is 10.6 Å². The van der Waals surface area contributed by atoms with Crippen LogP contribution >= 0.6 is 24.0 Å². The lowest BCUT2D eigenvalue weighted by Crippen LogP contribution is -2.47. The molecule has 0 fully saturated rings. The number of primary amides is 1. The molecule has 1 rings (SSSR count). The molecule has 4 N–H and O–H groups in total. The number of hydrogen-bond acceptors (Lipinski definition) is 3. The average molecular weight is 466 g/mol. The van der Waals surface area contributed by atoms with Crippen molar-refractivity contribution in [2.24, 2.45) is 16.6 Å². The van der Waals surface area contributed by atoms with Gasteiger partial charge in [0, 0.05) is 27.2 Å². The molecule has 0 spiro atoms. The van der Waals surface area contributed by atoms with Crippen LogP contribution < -0.4 is 16.4 Å². The molecule has 0 saturated heterocycles. The van der Waals surface area contributed by atoms with Gasteiger partial charge in [0.25, 0.3) is 0 Å². The summed E-state index contributed by atoms with van der Waals surface area (Å²) in [5, 5.41) is 6.23. The van der Waals surface area contributed by atoms with Gasteiger partial charge in [-0.1, -0.05) is 12.1 Å². The maximum atomic E-state index is 13.0. The Kier molecular flexibility index (Phi) is 10.6. The fourth-order valence-electron chi connectivity index (χ4n) is 1.99. The third-order valence-corrected chi connectivity index (χ3v) is 3.77. The molecular formula is C17H28FIN4O2. The van der Waals surface area contributed by atoms with E-state index in [1.54, 1.807) is 26.3 Å². The highest BCUT2D eigenvalue weighted by molar-refractivity contribution is 14.0. The second-order valence-electron chi connectivity index (χ2n) is 6.20. The van der Waals surface area contributed by atoms with Gasteiger partial charge in [0.05, 0.1) is 11.5 Å². The van der Waals surface area contributed by atoms with Gasteiger partial charge in [-0.3, -0.25) is 9.79 Å². The van der Waals surface area contributed by atoms with Crippen molar-refractivity contribution in [2.75, 3.05) is 27.2 Å². The summed E-state index contributed by atoms with van der Waals surface area (Å²) in [5.74, 6) is -0.590. The van der Waals surface area contributed by atoms with E-state index in [2.05, 4.69) is 15.6 Å². The number of halogens is 2. The van der Waals surface area contributed by atoms with Gasteiger partial charge in [0.1, 0.15) is 5.82 Å². The molecule has 8 heteroatoms. The van der Waals surface area contributed by atoms with E-state index < -0.39 is 11.8 Å². The van der Waals surface area contributed by atoms with Crippen LogP contribution in [0, 0.1) is 11.7 Å². The molecule has 1 aromatic carbocycles. The van der Waals surface area contributed by atoms with Crippen LogP contribution in [0.2, 0.25) is 0 Å². The molecular weight excluding hydrogens is 438 g/mol. The van der Waals surface area contributed by atoms with Crippen LogP contribution in [-0.2, 0) is 16.0 Å². The van der Waals surface area contributed by atoms with Crippen LogP contribution in [0.1, 0.15) is 19.4 Å². The summed E-state index contributed by atoms with van der Waals surface area (Å²) in [5.41, 5.74) is 5.99. The predicted octanol–water partition coefficient (Wildman–Crippen LogP) is 1.68. The number of methoxy groups -OCH3 is 1. The lowest BCUT2D eigenvalue weighted by atomic mass is 9.98. The van der Waals surface area contributed by atoms with Crippen LogP contribution in [0.3, 0.4) is 0 Å². The quantitative estimate of drug-likeness (QED) is 0.309. The zero-order valence-electron chi connectivity index (χ0n) is 15.1. The van der Waals surface area contributed by atoms with E-state index in [1.807, 2.05) is 13.8 Å². The third-order valence-electron chi connectivity index (χ3n) is 3.77. The zero-order valence-corrected chi connectivity index (χ0v) is 17.5. The Labute approximate surface area is 165 Å². The van der Waals surface area contributed by atoms with Crippen molar-refractivity contribution in [3.05, 3.63) is 35.6 Å². The lowest BCUT2D eigenvalue weighted by molar-refractivity contribution is -0.121. The molecule has 1 atom stereocenters. The Morgan fingerprint density at radius 2 is 1.92 bits per heavy atom. The molecule has 1 aromatic rings. The number of hydrogen-bond donors (Lipinski definition) is 3. The molecule has 0 radical (unpaired) electrons. The first-order valence-electron chi connectivity index (χ1n) is 7.81. The number of benzene rings is 1. The van der Waals surface area contributed by atoms with Gasteiger partial charge in [0.2, 0.25) is 5.91 Å². The van der Waals surface area contributed by atoms with E-state index in [4.69, 9.17) is 10.5 Å². The maximum Gasteiger partial charge on any atom is 0.222 e. The largest absolute Gasteiger partial charge is 0.377 e. The fraction of sp³-hybridized carbons (Fsp3) is 0.529. The van der Waals surface area contributed by atoms with E-state index in [9.17, 15) is 9.18 Å². The number of amides is 1. The van der Waals surface area contributed by atoms with Gasteiger partial charge in [0.15, 0.2) is 5.96 Å². The maximum absolute atomic E-state index is 13.0. The second kappa shape index (κ2) is 11.2. The molecule has 0 aliphatic heterocycles. The van der Waals surface area contributed by atoms with Gasteiger partial charge in [-0.15, -0.1) is 24.0 Å². The summed E-state index contributed by atoms with van der Waals surface area (Å²) >= 11 is 0. The predicted molar refractivity (Wildman–Crippen MR) is 109 cm³/mol. The van der Waals surface area contributed by atoms with Gasteiger partial charge < -0.3 is 21.1 Å². The van der Waals surface area contributed by atoms with Gasteiger partial charge in [-0.2, -0.15) is 0 Å². The highest BCUT2D eigenvalue weighted by Gasteiger charge is 2.19. The van der Waals surface area contributed by atoms with Crippen LogP contribution in [0.4, 0.5) is 4.39 Å². The van der Waals surface area contributed by atoms with Gasteiger partial charge in [-0.25, -0.2) is 4.39 Å². The summed E-state index contributed by atoms with van der Waals surface area (Å²) in [7, 11) is 3.29. The second-order valence-corrected chi connectivity index (χ2v) is 6.20. The van der Waals surface area contributed by atoms with Crippen molar-refractivity contribution in [2.45, 2.75) is 25.9 Å². The highest BCUT2D eigenvalue weighted by atomic mass is 127. The summed E-state index contributed by atoms with van der Waals surface area (Å²) in [6.07, 6.45) is 0.434. The average Bonchev–Trinajstić information content (AvgIpc) is 2.55. The number of carbonyl (C=O) groups is 1. The molecule has 0 heterocycles. The number of carbonyl (C=O) groups excluding carboxylic acids is 1. The Bertz CT molecular complexity index is 564. The molecule has 0 aliphatic carbocycles. The fourth-order valence-corrected chi connectivity index (χ4v) is 1.99. The minimum Gasteiger partial charge on any atom is -0.377 e. The van der Waals surface area contributed by atoms with E-state index >= 15 is 0 Å². The van der Waals surface area contributed by atoms with Gasteiger partial charge in [-0.05, 0) is 38.0 Å². The molecule has 0 saturated carbocycles.